The van der Waals surface area contributed by atoms with Crippen LogP contribution in [0, 0.1) is 0 Å². The summed E-state index contributed by atoms with van der Waals surface area (Å²) in [5.41, 5.74) is 2.52. The number of carbonyl (C=O) groups is 2. The van der Waals surface area contributed by atoms with Gasteiger partial charge in [-0.25, -0.2) is 13.1 Å². The minimum atomic E-state index is -3.48. The highest BCUT2D eigenvalue weighted by Gasteiger charge is 2.21. The van der Waals surface area contributed by atoms with Crippen LogP contribution in [-0.4, -0.2) is 39.0 Å². The van der Waals surface area contributed by atoms with Crippen molar-refractivity contribution < 1.29 is 18.0 Å². The van der Waals surface area contributed by atoms with E-state index < -0.39 is 16.1 Å². The molecule has 32 heavy (non-hydrogen) atoms. The Hall–Kier alpha value is -3.03. The first-order valence-corrected chi connectivity index (χ1v) is 12.5. The largest absolute Gasteiger partial charge is 0.342 e. The van der Waals surface area contributed by atoms with Crippen LogP contribution >= 0.6 is 0 Å². The van der Waals surface area contributed by atoms with Gasteiger partial charge in [-0.15, -0.1) is 0 Å². The highest BCUT2D eigenvalue weighted by molar-refractivity contribution is 7.88. The van der Waals surface area contributed by atoms with E-state index in [1.165, 1.54) is 0 Å². The molecular formula is C25H28N2O4S. The Morgan fingerprint density at radius 2 is 1.62 bits per heavy atom. The highest BCUT2D eigenvalue weighted by Crippen LogP contribution is 2.28. The van der Waals surface area contributed by atoms with Gasteiger partial charge in [0.15, 0.2) is 5.78 Å². The topological polar surface area (TPSA) is 92.3 Å². The monoisotopic (exact) mass is 452 g/mol. The fourth-order valence-electron chi connectivity index (χ4n) is 3.57. The SMILES string of the molecule is CCCCC(NC(=O)c1ccc(-c2cccc3ccccc23)cc1)C(=O)CNS(C)(=O)=O. The number of amides is 1. The number of benzene rings is 3. The van der Waals surface area contributed by atoms with Gasteiger partial charge in [-0.1, -0.05) is 74.4 Å². The van der Waals surface area contributed by atoms with Gasteiger partial charge in [0.05, 0.1) is 18.8 Å². The van der Waals surface area contributed by atoms with Crippen molar-refractivity contribution >= 4 is 32.5 Å². The van der Waals surface area contributed by atoms with Gasteiger partial charge >= 0.3 is 0 Å². The van der Waals surface area contributed by atoms with Crippen LogP contribution < -0.4 is 10.0 Å². The maximum absolute atomic E-state index is 12.8. The van der Waals surface area contributed by atoms with E-state index in [-0.39, 0.29) is 18.2 Å². The molecule has 1 unspecified atom stereocenters. The van der Waals surface area contributed by atoms with E-state index in [0.29, 0.717) is 12.0 Å². The van der Waals surface area contributed by atoms with Crippen molar-refractivity contribution in [2.45, 2.75) is 32.2 Å². The second kappa shape index (κ2) is 10.5. The minimum Gasteiger partial charge on any atom is -0.342 e. The number of ketones is 1. The fraction of sp³-hybridized carbons (Fsp3) is 0.280. The van der Waals surface area contributed by atoms with Gasteiger partial charge in [0, 0.05) is 5.56 Å². The molecule has 0 aliphatic heterocycles. The Morgan fingerprint density at radius 1 is 0.938 bits per heavy atom. The van der Waals surface area contributed by atoms with Crippen molar-refractivity contribution in [1.82, 2.24) is 10.0 Å². The normalized spacial score (nSPS) is 12.4. The van der Waals surface area contributed by atoms with Gasteiger partial charge in [0.25, 0.3) is 5.91 Å². The summed E-state index contributed by atoms with van der Waals surface area (Å²) in [5.74, 6) is -0.715. The van der Waals surface area contributed by atoms with E-state index in [1.54, 1.807) is 12.1 Å². The van der Waals surface area contributed by atoms with Crippen LogP contribution in [-0.2, 0) is 14.8 Å². The van der Waals surface area contributed by atoms with Crippen LogP contribution in [0.4, 0.5) is 0 Å². The molecule has 0 aromatic heterocycles. The van der Waals surface area contributed by atoms with Gasteiger partial charge in [-0.3, -0.25) is 9.59 Å². The first kappa shape index (κ1) is 23.6. The fourth-order valence-corrected chi connectivity index (χ4v) is 3.97. The van der Waals surface area contributed by atoms with E-state index in [0.717, 1.165) is 41.0 Å². The lowest BCUT2D eigenvalue weighted by Crippen LogP contribution is -2.45. The molecule has 0 fully saturated rings. The third-order valence-corrected chi connectivity index (χ3v) is 5.97. The maximum Gasteiger partial charge on any atom is 0.251 e. The van der Waals surface area contributed by atoms with Crippen molar-refractivity contribution in [3.63, 3.8) is 0 Å². The Kier molecular flexibility index (Phi) is 7.77. The van der Waals surface area contributed by atoms with E-state index >= 15 is 0 Å². The number of unbranched alkanes of at least 4 members (excludes halogenated alkanes) is 1. The molecule has 0 saturated heterocycles. The third kappa shape index (κ3) is 6.24. The molecule has 6 nitrogen and oxygen atoms in total. The Bertz CT molecular complexity index is 1200. The zero-order valence-electron chi connectivity index (χ0n) is 18.3. The lowest BCUT2D eigenvalue weighted by molar-refractivity contribution is -0.120. The number of Topliss-reactive ketones (excluding diaryl/α,β-unsaturated/α-hetero) is 1. The number of carbonyl (C=O) groups excluding carboxylic acids is 2. The molecule has 0 spiro atoms. The Morgan fingerprint density at radius 3 is 2.31 bits per heavy atom. The van der Waals surface area contributed by atoms with Crippen LogP contribution in [0.3, 0.4) is 0 Å². The van der Waals surface area contributed by atoms with Crippen molar-refractivity contribution in [1.29, 1.82) is 0 Å². The molecule has 0 aliphatic rings. The van der Waals surface area contributed by atoms with Gasteiger partial charge < -0.3 is 5.32 Å². The molecule has 0 heterocycles. The number of fused-ring (bicyclic) bond motifs is 1. The number of sulfonamides is 1. The minimum absolute atomic E-state index is 0.340. The number of nitrogens with one attached hydrogen (secondary N) is 2. The van der Waals surface area contributed by atoms with Crippen molar-refractivity contribution in [2.75, 3.05) is 12.8 Å². The summed E-state index contributed by atoms with van der Waals surface area (Å²) < 4.78 is 24.8. The van der Waals surface area contributed by atoms with Gasteiger partial charge in [-0.05, 0) is 40.5 Å². The molecule has 0 saturated carbocycles. The molecule has 3 aromatic carbocycles. The van der Waals surface area contributed by atoms with Crippen LogP contribution in [0.15, 0.2) is 66.7 Å². The first-order valence-electron chi connectivity index (χ1n) is 10.6. The lowest BCUT2D eigenvalue weighted by Gasteiger charge is -2.18. The second-order valence-electron chi connectivity index (χ2n) is 7.83. The average Bonchev–Trinajstić information content (AvgIpc) is 2.79. The summed E-state index contributed by atoms with van der Waals surface area (Å²) >= 11 is 0. The highest BCUT2D eigenvalue weighted by atomic mass is 32.2. The number of hydrogen-bond acceptors (Lipinski definition) is 4. The molecule has 1 atom stereocenters. The summed E-state index contributed by atoms with van der Waals surface area (Å²) in [7, 11) is -3.48. The maximum atomic E-state index is 12.8. The number of rotatable bonds is 10. The molecular weight excluding hydrogens is 424 g/mol. The summed E-state index contributed by atoms with van der Waals surface area (Å²) in [5, 5.41) is 5.05. The molecule has 168 valence electrons. The molecule has 0 bridgehead atoms. The molecule has 3 aromatic rings. The Balaban J connectivity index is 1.75. The Labute approximate surface area is 189 Å². The van der Waals surface area contributed by atoms with E-state index in [1.807, 2.05) is 43.3 Å². The summed E-state index contributed by atoms with van der Waals surface area (Å²) in [6.07, 6.45) is 3.06. The second-order valence-corrected chi connectivity index (χ2v) is 9.66. The van der Waals surface area contributed by atoms with Crippen LogP contribution in [0.25, 0.3) is 21.9 Å². The van der Waals surface area contributed by atoms with Crippen molar-refractivity contribution in [2.24, 2.45) is 0 Å². The molecule has 0 aliphatic carbocycles. The van der Waals surface area contributed by atoms with Crippen LogP contribution in [0.5, 0.6) is 0 Å². The third-order valence-electron chi connectivity index (χ3n) is 5.30. The van der Waals surface area contributed by atoms with Crippen LogP contribution in [0.2, 0.25) is 0 Å². The summed E-state index contributed by atoms with van der Waals surface area (Å²) in [4.78, 5) is 25.3. The standard InChI is InChI=1S/C25H28N2O4S/c1-3-4-12-23(24(28)17-26-32(2,30)31)27-25(29)20-15-13-19(14-16-20)22-11-7-9-18-8-5-6-10-21(18)22/h5-11,13-16,23,26H,3-4,12,17H2,1-2H3,(H,27,29). The van der Waals surface area contributed by atoms with E-state index in [2.05, 4.69) is 28.2 Å². The van der Waals surface area contributed by atoms with Crippen molar-refractivity contribution in [3.05, 3.63) is 72.3 Å². The lowest BCUT2D eigenvalue weighted by atomic mass is 9.97. The number of hydrogen-bond donors (Lipinski definition) is 2. The summed E-state index contributed by atoms with van der Waals surface area (Å²) in [6.45, 7) is 1.65. The van der Waals surface area contributed by atoms with Crippen molar-refractivity contribution in [3.8, 4) is 11.1 Å². The van der Waals surface area contributed by atoms with Gasteiger partial charge in [-0.2, -0.15) is 0 Å². The van der Waals surface area contributed by atoms with Crippen LogP contribution in [0.1, 0.15) is 36.5 Å². The quantitative estimate of drug-likeness (QED) is 0.488. The summed E-state index contributed by atoms with van der Waals surface area (Å²) in [6, 6.07) is 20.8. The smallest absolute Gasteiger partial charge is 0.251 e. The molecule has 2 N–H and O–H groups in total. The zero-order valence-corrected chi connectivity index (χ0v) is 19.1. The van der Waals surface area contributed by atoms with Gasteiger partial charge in [0.2, 0.25) is 10.0 Å². The first-order chi connectivity index (χ1) is 15.3. The van der Waals surface area contributed by atoms with E-state index in [4.69, 9.17) is 0 Å². The molecule has 7 heteroatoms. The van der Waals surface area contributed by atoms with Gasteiger partial charge in [0.1, 0.15) is 0 Å². The molecule has 0 radical (unpaired) electrons. The molecule has 1 amide bonds. The zero-order chi connectivity index (χ0) is 23.1. The predicted octanol–water partition coefficient (Wildman–Crippen LogP) is 3.91. The molecule has 3 rings (SSSR count). The average molecular weight is 453 g/mol. The predicted molar refractivity (Wildman–Crippen MR) is 128 cm³/mol. The van der Waals surface area contributed by atoms with E-state index in [9.17, 15) is 18.0 Å².